The lowest BCUT2D eigenvalue weighted by molar-refractivity contribution is -0.111. The third-order valence-corrected chi connectivity index (χ3v) is 5.69. The SMILES string of the molecule is O=C1C(=C(c2ccccc2)c2ccccc2)C=CC1=C(c1ccccc1)c1ccccc1. The molecule has 32 heavy (non-hydrogen) atoms. The van der Waals surface area contributed by atoms with Gasteiger partial charge in [-0.3, -0.25) is 4.79 Å². The van der Waals surface area contributed by atoms with Gasteiger partial charge >= 0.3 is 0 Å². The molecule has 1 nitrogen and oxygen atoms in total. The molecule has 1 heteroatoms. The van der Waals surface area contributed by atoms with Gasteiger partial charge in [0.05, 0.1) is 0 Å². The Morgan fingerprint density at radius 2 is 0.625 bits per heavy atom. The molecule has 0 atom stereocenters. The molecule has 4 aromatic rings. The molecule has 5 rings (SSSR count). The largest absolute Gasteiger partial charge is 0.289 e. The maximum atomic E-state index is 13.9. The maximum absolute atomic E-state index is 13.9. The first-order valence-electron chi connectivity index (χ1n) is 10.8. The number of hydrogen-bond acceptors (Lipinski definition) is 1. The lowest BCUT2D eigenvalue weighted by Gasteiger charge is -2.14. The van der Waals surface area contributed by atoms with Crippen LogP contribution in [0.3, 0.4) is 0 Å². The standard InChI is InChI=1S/C31H22O/c32-31-27(29(23-13-5-1-6-14-23)24-15-7-2-8-16-24)21-22-28(31)30(25-17-9-3-10-18-25)26-19-11-4-12-20-26/h1-22H. The van der Waals surface area contributed by atoms with Gasteiger partial charge in [-0.1, -0.05) is 121 Å². The van der Waals surface area contributed by atoms with Crippen LogP contribution in [0, 0.1) is 0 Å². The predicted octanol–water partition coefficient (Wildman–Crippen LogP) is 7.13. The second-order valence-electron chi connectivity index (χ2n) is 7.70. The summed E-state index contributed by atoms with van der Waals surface area (Å²) < 4.78 is 0. The zero-order valence-corrected chi connectivity index (χ0v) is 17.6. The van der Waals surface area contributed by atoms with E-state index < -0.39 is 0 Å². The molecule has 0 saturated carbocycles. The summed E-state index contributed by atoms with van der Waals surface area (Å²) in [4.78, 5) is 13.9. The van der Waals surface area contributed by atoms with Gasteiger partial charge < -0.3 is 0 Å². The highest BCUT2D eigenvalue weighted by atomic mass is 16.1. The van der Waals surface area contributed by atoms with Crippen LogP contribution in [0.5, 0.6) is 0 Å². The third-order valence-electron chi connectivity index (χ3n) is 5.69. The van der Waals surface area contributed by atoms with Gasteiger partial charge in [-0.05, 0) is 34.4 Å². The number of benzene rings is 4. The number of ketones is 1. The van der Waals surface area contributed by atoms with Crippen LogP contribution in [-0.2, 0) is 4.79 Å². The van der Waals surface area contributed by atoms with E-state index in [4.69, 9.17) is 0 Å². The summed E-state index contributed by atoms with van der Waals surface area (Å²) in [6, 6.07) is 40.6. The number of hydrogen-bond donors (Lipinski definition) is 0. The van der Waals surface area contributed by atoms with Crippen molar-refractivity contribution in [3.05, 3.63) is 167 Å². The quantitative estimate of drug-likeness (QED) is 0.327. The zero-order chi connectivity index (χ0) is 21.8. The number of rotatable bonds is 4. The van der Waals surface area contributed by atoms with Crippen molar-refractivity contribution in [3.8, 4) is 0 Å². The minimum Gasteiger partial charge on any atom is -0.289 e. The van der Waals surface area contributed by atoms with Crippen molar-refractivity contribution in [3.63, 3.8) is 0 Å². The number of carbonyl (C=O) groups excluding carboxylic acids is 1. The number of allylic oxidation sites excluding steroid dienone is 4. The van der Waals surface area contributed by atoms with Gasteiger partial charge in [0.15, 0.2) is 5.78 Å². The first-order valence-corrected chi connectivity index (χ1v) is 10.8. The molecule has 0 heterocycles. The van der Waals surface area contributed by atoms with Crippen molar-refractivity contribution in [2.24, 2.45) is 0 Å². The molecule has 152 valence electrons. The molecule has 1 aliphatic carbocycles. The molecule has 0 radical (unpaired) electrons. The maximum Gasteiger partial charge on any atom is 0.194 e. The highest BCUT2D eigenvalue weighted by Gasteiger charge is 2.26. The number of Topliss-reactive ketones (excluding diaryl/α,β-unsaturated/α-hetero) is 1. The van der Waals surface area contributed by atoms with Crippen LogP contribution in [0.1, 0.15) is 22.3 Å². The fourth-order valence-electron chi connectivity index (χ4n) is 4.23. The van der Waals surface area contributed by atoms with E-state index in [2.05, 4.69) is 48.5 Å². The summed E-state index contributed by atoms with van der Waals surface area (Å²) >= 11 is 0. The van der Waals surface area contributed by atoms with Gasteiger partial charge in [0.1, 0.15) is 0 Å². The average molecular weight is 411 g/mol. The molecule has 4 aromatic carbocycles. The van der Waals surface area contributed by atoms with E-state index in [-0.39, 0.29) is 5.78 Å². The topological polar surface area (TPSA) is 17.1 Å². The van der Waals surface area contributed by atoms with Crippen LogP contribution < -0.4 is 0 Å². The molecule has 0 saturated heterocycles. The molecular formula is C31H22O. The normalized spacial score (nSPS) is 12.8. The van der Waals surface area contributed by atoms with Crippen LogP contribution in [0.15, 0.2) is 145 Å². The lowest BCUT2D eigenvalue weighted by Crippen LogP contribution is -2.05. The highest BCUT2D eigenvalue weighted by Crippen LogP contribution is 2.37. The van der Waals surface area contributed by atoms with Crippen LogP contribution in [0.2, 0.25) is 0 Å². The van der Waals surface area contributed by atoms with E-state index in [0.717, 1.165) is 44.5 Å². The van der Waals surface area contributed by atoms with Crippen LogP contribution in [-0.4, -0.2) is 5.78 Å². The summed E-state index contributed by atoms with van der Waals surface area (Å²) in [7, 11) is 0. The summed E-state index contributed by atoms with van der Waals surface area (Å²) in [5.41, 5.74) is 7.51. The second kappa shape index (κ2) is 8.87. The third kappa shape index (κ3) is 3.77. The van der Waals surface area contributed by atoms with Crippen molar-refractivity contribution >= 4 is 16.9 Å². The first-order chi connectivity index (χ1) is 15.8. The fourth-order valence-corrected chi connectivity index (χ4v) is 4.23. The Bertz CT molecular complexity index is 1140. The van der Waals surface area contributed by atoms with E-state index >= 15 is 0 Å². The van der Waals surface area contributed by atoms with Crippen molar-refractivity contribution in [2.45, 2.75) is 0 Å². The van der Waals surface area contributed by atoms with Crippen molar-refractivity contribution in [1.82, 2.24) is 0 Å². The van der Waals surface area contributed by atoms with E-state index in [9.17, 15) is 4.79 Å². The molecule has 0 aliphatic heterocycles. The van der Waals surface area contributed by atoms with Gasteiger partial charge in [0, 0.05) is 22.3 Å². The Morgan fingerprint density at radius 1 is 0.375 bits per heavy atom. The monoisotopic (exact) mass is 410 g/mol. The first kappa shape index (κ1) is 19.7. The van der Waals surface area contributed by atoms with Gasteiger partial charge in [-0.25, -0.2) is 0 Å². The smallest absolute Gasteiger partial charge is 0.194 e. The Balaban J connectivity index is 1.74. The van der Waals surface area contributed by atoms with Crippen molar-refractivity contribution in [2.75, 3.05) is 0 Å². The zero-order valence-electron chi connectivity index (χ0n) is 17.6. The summed E-state index contributed by atoms with van der Waals surface area (Å²) in [6.07, 6.45) is 3.94. The minimum atomic E-state index is 0.0513. The molecule has 1 aliphatic rings. The van der Waals surface area contributed by atoms with Crippen LogP contribution >= 0.6 is 0 Å². The minimum absolute atomic E-state index is 0.0513. The van der Waals surface area contributed by atoms with E-state index in [0.29, 0.717) is 0 Å². The number of carbonyl (C=O) groups is 1. The van der Waals surface area contributed by atoms with Crippen LogP contribution in [0.25, 0.3) is 11.1 Å². The molecule has 0 amide bonds. The summed E-state index contributed by atoms with van der Waals surface area (Å²) in [6.45, 7) is 0. The lowest BCUT2D eigenvalue weighted by atomic mass is 9.89. The molecule has 0 spiro atoms. The van der Waals surface area contributed by atoms with Gasteiger partial charge in [0.2, 0.25) is 0 Å². The summed E-state index contributed by atoms with van der Waals surface area (Å²) in [5, 5.41) is 0. The van der Waals surface area contributed by atoms with Gasteiger partial charge in [-0.15, -0.1) is 0 Å². The Kier molecular flexibility index (Phi) is 5.47. The highest BCUT2D eigenvalue weighted by molar-refractivity contribution is 6.24. The van der Waals surface area contributed by atoms with E-state index in [1.165, 1.54) is 0 Å². The Morgan fingerprint density at radius 3 is 0.875 bits per heavy atom. The molecule has 0 bridgehead atoms. The average Bonchev–Trinajstić information content (AvgIpc) is 3.23. The van der Waals surface area contributed by atoms with E-state index in [1.807, 2.05) is 84.9 Å². The van der Waals surface area contributed by atoms with Gasteiger partial charge in [0.25, 0.3) is 0 Å². The molecule has 0 aromatic heterocycles. The van der Waals surface area contributed by atoms with Crippen molar-refractivity contribution < 1.29 is 4.79 Å². The van der Waals surface area contributed by atoms with Gasteiger partial charge in [-0.2, -0.15) is 0 Å². The molecule has 0 N–H and O–H groups in total. The summed E-state index contributed by atoms with van der Waals surface area (Å²) in [5.74, 6) is 0.0513. The predicted molar refractivity (Wildman–Crippen MR) is 132 cm³/mol. The van der Waals surface area contributed by atoms with E-state index in [1.54, 1.807) is 0 Å². The fraction of sp³-hybridized carbons (Fsp3) is 0. The van der Waals surface area contributed by atoms with Crippen LogP contribution in [0.4, 0.5) is 0 Å². The Hall–Kier alpha value is -4.23. The molecular weight excluding hydrogens is 388 g/mol. The molecule has 0 fully saturated rings. The van der Waals surface area contributed by atoms with Crippen molar-refractivity contribution in [1.29, 1.82) is 0 Å². The molecule has 0 unspecified atom stereocenters. The second-order valence-corrected chi connectivity index (χ2v) is 7.70. The Labute approximate surface area is 188 Å².